The number of fused-ring (bicyclic) bond motifs is 1. The quantitative estimate of drug-likeness (QED) is 0.534. The van der Waals surface area contributed by atoms with E-state index in [0.29, 0.717) is 35.1 Å². The topological polar surface area (TPSA) is 100 Å². The molecule has 2 aliphatic heterocycles. The molecule has 2 heterocycles. The van der Waals surface area contributed by atoms with Gasteiger partial charge >= 0.3 is 6.03 Å². The number of rotatable bonds is 7. The summed E-state index contributed by atoms with van der Waals surface area (Å²) in [5.41, 5.74) is 7.08. The molecule has 2 aromatic rings. The summed E-state index contributed by atoms with van der Waals surface area (Å²) in [4.78, 5) is 27.4. The summed E-state index contributed by atoms with van der Waals surface area (Å²) >= 11 is 6.19. The lowest BCUT2D eigenvalue weighted by atomic mass is 10.0. The van der Waals surface area contributed by atoms with Crippen LogP contribution in [0.25, 0.3) is 0 Å². The van der Waals surface area contributed by atoms with Crippen LogP contribution in [0.1, 0.15) is 48.9 Å². The lowest BCUT2D eigenvalue weighted by Gasteiger charge is -2.41. The van der Waals surface area contributed by atoms with Crippen LogP contribution in [0.2, 0.25) is 5.02 Å². The van der Waals surface area contributed by atoms with E-state index >= 15 is 0 Å². The summed E-state index contributed by atoms with van der Waals surface area (Å²) in [7, 11) is 1.55. The molecule has 0 bridgehead atoms. The third-order valence-electron chi connectivity index (χ3n) is 6.34. The lowest BCUT2D eigenvalue weighted by molar-refractivity contribution is -0.135. The Hall–Kier alpha value is -3.54. The van der Waals surface area contributed by atoms with Gasteiger partial charge in [0.1, 0.15) is 5.70 Å². The maximum absolute atomic E-state index is 13.5. The molecule has 0 aromatic heterocycles. The number of nitrogens with one attached hydrogen (secondary N) is 3. The zero-order valence-corrected chi connectivity index (χ0v) is 20.6. The van der Waals surface area contributed by atoms with Gasteiger partial charge in [0.25, 0.3) is 5.91 Å². The van der Waals surface area contributed by atoms with E-state index in [-0.39, 0.29) is 24.0 Å². The van der Waals surface area contributed by atoms with Gasteiger partial charge in [-0.1, -0.05) is 49.6 Å². The van der Waals surface area contributed by atoms with E-state index in [0.717, 1.165) is 30.4 Å². The molecule has 9 heteroatoms. The van der Waals surface area contributed by atoms with Crippen LogP contribution in [0.3, 0.4) is 0 Å². The zero-order valence-electron chi connectivity index (χ0n) is 19.8. The standard InChI is InChI=1S/C26H29ClN6O2/c1-3-4-5-20-16-32(15-18-8-6-17(14-28)7-9-18)25(34)24-13-23(31-33(20)24)21-11-10-19(27)12-22(21)30-26(35)29-2/h6-13,20,23,31H,3-5,15-16H2,1-2H3,(H2,29,30,35). The summed E-state index contributed by atoms with van der Waals surface area (Å²) in [6.45, 7) is 3.23. The molecule has 1 saturated heterocycles. The monoisotopic (exact) mass is 492 g/mol. The molecule has 0 aliphatic carbocycles. The fraction of sp³-hybridized carbons (Fsp3) is 0.346. The van der Waals surface area contributed by atoms with Crippen molar-refractivity contribution in [1.29, 1.82) is 5.26 Å². The average molecular weight is 493 g/mol. The fourth-order valence-electron chi connectivity index (χ4n) is 4.51. The van der Waals surface area contributed by atoms with E-state index in [2.05, 4.69) is 29.1 Å². The first kappa shape index (κ1) is 24.6. The van der Waals surface area contributed by atoms with Gasteiger partial charge in [0.15, 0.2) is 0 Å². The molecule has 3 amide bonds. The van der Waals surface area contributed by atoms with Crippen LogP contribution in [0.5, 0.6) is 0 Å². The highest BCUT2D eigenvalue weighted by molar-refractivity contribution is 6.31. The predicted molar refractivity (Wildman–Crippen MR) is 135 cm³/mol. The fourth-order valence-corrected chi connectivity index (χ4v) is 4.68. The minimum atomic E-state index is -0.345. The second-order valence-corrected chi connectivity index (χ2v) is 9.19. The van der Waals surface area contributed by atoms with Crippen molar-refractivity contribution < 1.29 is 9.59 Å². The first-order valence-corrected chi connectivity index (χ1v) is 12.1. The molecule has 3 N–H and O–H groups in total. The van der Waals surface area contributed by atoms with Gasteiger partial charge in [-0.2, -0.15) is 5.26 Å². The molecule has 8 nitrogen and oxygen atoms in total. The predicted octanol–water partition coefficient (Wildman–Crippen LogP) is 4.31. The summed E-state index contributed by atoms with van der Waals surface area (Å²) in [6, 6.07) is 14.3. The SMILES string of the molecule is CCCCC1CN(Cc2ccc(C#N)cc2)C(=O)C2=CC(c3ccc(Cl)cc3NC(=O)NC)NN21. The van der Waals surface area contributed by atoms with Gasteiger partial charge < -0.3 is 15.5 Å². The Balaban J connectivity index is 1.62. The number of halogens is 1. The van der Waals surface area contributed by atoms with Gasteiger partial charge in [-0.3, -0.25) is 9.80 Å². The molecule has 0 radical (unpaired) electrons. The van der Waals surface area contributed by atoms with Crippen LogP contribution in [0.15, 0.2) is 54.2 Å². The highest BCUT2D eigenvalue weighted by Gasteiger charge is 2.41. The maximum Gasteiger partial charge on any atom is 0.318 e. The normalized spacial score (nSPS) is 19.1. The van der Waals surface area contributed by atoms with E-state index in [4.69, 9.17) is 16.9 Å². The van der Waals surface area contributed by atoms with Crippen molar-refractivity contribution >= 4 is 29.2 Å². The number of hydrazine groups is 1. The van der Waals surface area contributed by atoms with Crippen molar-refractivity contribution in [2.24, 2.45) is 0 Å². The van der Waals surface area contributed by atoms with Crippen molar-refractivity contribution in [3.8, 4) is 6.07 Å². The Labute approximate surface area is 210 Å². The minimum absolute atomic E-state index is 0.0492. The molecular weight excluding hydrogens is 464 g/mol. The summed E-state index contributed by atoms with van der Waals surface area (Å²) < 4.78 is 0. The molecule has 2 aromatic carbocycles. The number of benzene rings is 2. The first-order valence-electron chi connectivity index (χ1n) is 11.8. The van der Waals surface area contributed by atoms with Crippen LogP contribution in [-0.4, -0.2) is 41.5 Å². The van der Waals surface area contributed by atoms with Crippen LogP contribution >= 0.6 is 11.6 Å². The van der Waals surface area contributed by atoms with Crippen molar-refractivity contribution in [2.45, 2.75) is 44.8 Å². The van der Waals surface area contributed by atoms with Gasteiger partial charge in [0.2, 0.25) is 0 Å². The number of urea groups is 1. The number of hydrogen-bond acceptors (Lipinski definition) is 5. The highest BCUT2D eigenvalue weighted by atomic mass is 35.5. The maximum atomic E-state index is 13.5. The number of carbonyl (C=O) groups excluding carboxylic acids is 2. The number of unbranched alkanes of at least 4 members (excludes halogenated alkanes) is 1. The molecule has 2 atom stereocenters. The van der Waals surface area contributed by atoms with E-state index in [1.807, 2.05) is 34.2 Å². The number of amides is 3. The van der Waals surface area contributed by atoms with Crippen molar-refractivity contribution in [1.82, 2.24) is 20.7 Å². The van der Waals surface area contributed by atoms with E-state index in [9.17, 15) is 9.59 Å². The number of nitriles is 1. The number of carbonyl (C=O) groups is 2. The number of nitrogens with zero attached hydrogens (tertiary/aromatic N) is 3. The van der Waals surface area contributed by atoms with Gasteiger partial charge in [-0.25, -0.2) is 10.2 Å². The second kappa shape index (κ2) is 10.8. The van der Waals surface area contributed by atoms with Gasteiger partial charge in [-0.05, 0) is 47.9 Å². The number of hydrogen-bond donors (Lipinski definition) is 3. The van der Waals surface area contributed by atoms with Crippen LogP contribution in [-0.2, 0) is 11.3 Å². The van der Waals surface area contributed by atoms with Crippen molar-refractivity contribution in [3.63, 3.8) is 0 Å². The molecule has 4 rings (SSSR count). The molecule has 35 heavy (non-hydrogen) atoms. The van der Waals surface area contributed by atoms with Gasteiger partial charge in [0, 0.05) is 30.8 Å². The van der Waals surface area contributed by atoms with Gasteiger partial charge in [0.05, 0.1) is 23.7 Å². The smallest absolute Gasteiger partial charge is 0.318 e. The molecular formula is C26H29ClN6O2. The zero-order chi connectivity index (χ0) is 24.9. The Morgan fingerprint density at radius 2 is 2.03 bits per heavy atom. The summed E-state index contributed by atoms with van der Waals surface area (Å²) in [5, 5.41) is 16.9. The van der Waals surface area contributed by atoms with E-state index < -0.39 is 0 Å². The molecule has 2 unspecified atom stereocenters. The summed E-state index contributed by atoms with van der Waals surface area (Å²) in [6.07, 6.45) is 4.97. The molecule has 0 spiro atoms. The Morgan fingerprint density at radius 1 is 1.26 bits per heavy atom. The Bertz CT molecular complexity index is 1170. The first-order chi connectivity index (χ1) is 16.9. The van der Waals surface area contributed by atoms with Crippen molar-refractivity contribution in [2.75, 3.05) is 18.9 Å². The Kier molecular flexibility index (Phi) is 7.59. The number of anilines is 1. The Morgan fingerprint density at radius 3 is 2.71 bits per heavy atom. The summed E-state index contributed by atoms with van der Waals surface area (Å²) in [5.74, 6) is -0.0492. The highest BCUT2D eigenvalue weighted by Crippen LogP contribution is 2.36. The third-order valence-corrected chi connectivity index (χ3v) is 6.57. The molecule has 1 fully saturated rings. The minimum Gasteiger partial charge on any atom is -0.341 e. The van der Waals surface area contributed by atoms with Crippen LogP contribution < -0.4 is 16.1 Å². The number of piperazine rings is 1. The van der Waals surface area contributed by atoms with E-state index in [1.54, 1.807) is 31.3 Å². The molecule has 182 valence electrons. The second-order valence-electron chi connectivity index (χ2n) is 8.75. The lowest BCUT2D eigenvalue weighted by Crippen LogP contribution is -2.56. The van der Waals surface area contributed by atoms with Crippen molar-refractivity contribution in [3.05, 3.63) is 76.0 Å². The van der Waals surface area contributed by atoms with Crippen LogP contribution in [0, 0.1) is 11.3 Å². The average Bonchev–Trinajstić information content (AvgIpc) is 3.31. The molecule has 2 aliphatic rings. The molecule has 0 saturated carbocycles. The largest absolute Gasteiger partial charge is 0.341 e. The third kappa shape index (κ3) is 5.42. The van der Waals surface area contributed by atoms with Crippen LogP contribution in [0.4, 0.5) is 10.5 Å². The van der Waals surface area contributed by atoms with E-state index in [1.165, 1.54) is 0 Å². The van der Waals surface area contributed by atoms with Gasteiger partial charge in [-0.15, -0.1) is 0 Å².